The molecule has 0 amide bonds. The number of rotatable bonds is 4. The Morgan fingerprint density at radius 3 is 2.64 bits per heavy atom. The van der Waals surface area contributed by atoms with Crippen LogP contribution in [0.1, 0.15) is 39.0 Å². The van der Waals surface area contributed by atoms with Crippen LogP contribution in [-0.2, 0) is 14.3 Å². The molecule has 0 radical (unpaired) electrons. The molecule has 0 spiro atoms. The second kappa shape index (κ2) is 5.78. The Bertz CT molecular complexity index is 195. The maximum Gasteiger partial charge on any atom is 0.315 e. The van der Waals surface area contributed by atoms with Gasteiger partial charge < -0.3 is 9.53 Å². The van der Waals surface area contributed by atoms with Crippen molar-refractivity contribution in [2.24, 2.45) is 11.8 Å². The SMILES string of the molecule is C[C@@H](C=O)C(=O)OCC1CCCCC1. The molecule has 1 fully saturated rings. The van der Waals surface area contributed by atoms with Crippen molar-refractivity contribution >= 4 is 12.3 Å². The maximum atomic E-state index is 11.2. The first-order chi connectivity index (χ1) is 6.74. The third-order valence-electron chi connectivity index (χ3n) is 2.76. The highest BCUT2D eigenvalue weighted by molar-refractivity contribution is 5.87. The standard InChI is InChI=1S/C11H18O3/c1-9(7-12)11(13)14-8-10-5-3-2-4-6-10/h7,9-10H,2-6,8H2,1H3/t9-/m0/s1. The number of hydrogen-bond acceptors (Lipinski definition) is 3. The van der Waals surface area contributed by atoms with Gasteiger partial charge >= 0.3 is 5.97 Å². The van der Waals surface area contributed by atoms with Crippen molar-refractivity contribution in [3.63, 3.8) is 0 Å². The van der Waals surface area contributed by atoms with Crippen molar-refractivity contribution in [3.05, 3.63) is 0 Å². The number of carbonyl (C=O) groups is 2. The van der Waals surface area contributed by atoms with Gasteiger partial charge in [0.05, 0.1) is 6.61 Å². The van der Waals surface area contributed by atoms with E-state index >= 15 is 0 Å². The van der Waals surface area contributed by atoms with Gasteiger partial charge in [0.25, 0.3) is 0 Å². The van der Waals surface area contributed by atoms with Gasteiger partial charge in [-0.2, -0.15) is 0 Å². The molecule has 0 aromatic heterocycles. The highest BCUT2D eigenvalue weighted by atomic mass is 16.5. The maximum absolute atomic E-state index is 11.2. The molecule has 1 atom stereocenters. The molecule has 14 heavy (non-hydrogen) atoms. The quantitative estimate of drug-likeness (QED) is 0.394. The molecule has 0 unspecified atom stereocenters. The van der Waals surface area contributed by atoms with Crippen LogP contribution >= 0.6 is 0 Å². The van der Waals surface area contributed by atoms with Gasteiger partial charge in [0, 0.05) is 0 Å². The molecule has 3 nitrogen and oxygen atoms in total. The predicted molar refractivity (Wildman–Crippen MR) is 52.8 cm³/mol. The molecule has 1 aliphatic rings. The first-order valence-corrected chi connectivity index (χ1v) is 5.36. The van der Waals surface area contributed by atoms with Crippen LogP contribution in [0.15, 0.2) is 0 Å². The van der Waals surface area contributed by atoms with Crippen LogP contribution in [0.3, 0.4) is 0 Å². The number of ether oxygens (including phenoxy) is 1. The highest BCUT2D eigenvalue weighted by Crippen LogP contribution is 2.23. The Morgan fingerprint density at radius 1 is 1.43 bits per heavy atom. The lowest BCUT2D eigenvalue weighted by Gasteiger charge is -2.21. The average Bonchev–Trinajstić information content (AvgIpc) is 2.26. The van der Waals surface area contributed by atoms with E-state index in [0.29, 0.717) is 18.8 Å². The van der Waals surface area contributed by atoms with Crippen molar-refractivity contribution in [1.29, 1.82) is 0 Å². The van der Waals surface area contributed by atoms with Crippen LogP contribution in [-0.4, -0.2) is 18.9 Å². The van der Waals surface area contributed by atoms with E-state index in [4.69, 9.17) is 4.74 Å². The summed E-state index contributed by atoms with van der Waals surface area (Å²) >= 11 is 0. The average molecular weight is 198 g/mol. The third-order valence-corrected chi connectivity index (χ3v) is 2.76. The molecule has 0 heterocycles. The number of carbonyl (C=O) groups excluding carboxylic acids is 2. The lowest BCUT2D eigenvalue weighted by molar-refractivity contribution is -0.150. The summed E-state index contributed by atoms with van der Waals surface area (Å²) in [5.41, 5.74) is 0. The smallest absolute Gasteiger partial charge is 0.315 e. The van der Waals surface area contributed by atoms with Crippen LogP contribution < -0.4 is 0 Å². The minimum atomic E-state index is -0.612. The normalized spacial score (nSPS) is 20.1. The summed E-state index contributed by atoms with van der Waals surface area (Å²) in [5, 5.41) is 0. The molecule has 0 aromatic carbocycles. The fourth-order valence-electron chi connectivity index (χ4n) is 1.74. The zero-order chi connectivity index (χ0) is 10.4. The molecule has 1 aliphatic carbocycles. The van der Waals surface area contributed by atoms with Crippen LogP contribution in [0.2, 0.25) is 0 Å². The van der Waals surface area contributed by atoms with Crippen LogP contribution in [0, 0.1) is 11.8 Å². The summed E-state index contributed by atoms with van der Waals surface area (Å²) in [4.78, 5) is 21.5. The number of hydrogen-bond donors (Lipinski definition) is 0. The Labute approximate surface area is 84.8 Å². The van der Waals surface area contributed by atoms with E-state index in [1.54, 1.807) is 6.92 Å². The van der Waals surface area contributed by atoms with E-state index in [1.165, 1.54) is 19.3 Å². The van der Waals surface area contributed by atoms with E-state index in [9.17, 15) is 9.59 Å². The number of aldehydes is 1. The lowest BCUT2D eigenvalue weighted by Crippen LogP contribution is -2.21. The second-order valence-electron chi connectivity index (χ2n) is 4.06. The minimum Gasteiger partial charge on any atom is -0.465 e. The summed E-state index contributed by atoms with van der Waals surface area (Å²) < 4.78 is 5.06. The van der Waals surface area contributed by atoms with Gasteiger partial charge in [0.15, 0.2) is 0 Å². The Hall–Kier alpha value is -0.860. The summed E-state index contributed by atoms with van der Waals surface area (Å²) in [6, 6.07) is 0. The second-order valence-corrected chi connectivity index (χ2v) is 4.06. The molecular weight excluding hydrogens is 180 g/mol. The molecule has 0 aliphatic heterocycles. The fraction of sp³-hybridized carbons (Fsp3) is 0.818. The molecule has 0 bridgehead atoms. The van der Waals surface area contributed by atoms with Gasteiger partial charge in [-0.1, -0.05) is 19.3 Å². The van der Waals surface area contributed by atoms with Crippen molar-refractivity contribution in [3.8, 4) is 0 Å². The van der Waals surface area contributed by atoms with Crippen molar-refractivity contribution in [1.82, 2.24) is 0 Å². The summed E-state index contributed by atoms with van der Waals surface area (Å²) in [7, 11) is 0. The topological polar surface area (TPSA) is 43.4 Å². The molecule has 3 heteroatoms. The molecule has 1 saturated carbocycles. The molecule has 0 N–H and O–H groups in total. The first kappa shape index (κ1) is 11.2. The van der Waals surface area contributed by atoms with Gasteiger partial charge in [0.2, 0.25) is 0 Å². The Morgan fingerprint density at radius 2 is 2.07 bits per heavy atom. The third kappa shape index (κ3) is 3.48. The van der Waals surface area contributed by atoms with Crippen LogP contribution in [0.25, 0.3) is 0 Å². The fourth-order valence-corrected chi connectivity index (χ4v) is 1.74. The molecule has 0 aromatic rings. The van der Waals surface area contributed by atoms with Gasteiger partial charge in [-0.25, -0.2) is 0 Å². The number of esters is 1. The van der Waals surface area contributed by atoms with E-state index in [-0.39, 0.29) is 5.97 Å². The summed E-state index contributed by atoms with van der Waals surface area (Å²) in [6.07, 6.45) is 6.72. The highest BCUT2D eigenvalue weighted by Gasteiger charge is 2.18. The van der Waals surface area contributed by atoms with Crippen LogP contribution in [0.4, 0.5) is 0 Å². The molecule has 0 saturated heterocycles. The van der Waals surface area contributed by atoms with Crippen molar-refractivity contribution in [2.45, 2.75) is 39.0 Å². The predicted octanol–water partition coefficient (Wildman–Crippen LogP) is 1.94. The first-order valence-electron chi connectivity index (χ1n) is 5.36. The molecular formula is C11H18O3. The molecule has 1 rings (SSSR count). The summed E-state index contributed by atoms with van der Waals surface area (Å²) in [5.74, 6) is -0.476. The minimum absolute atomic E-state index is 0.384. The van der Waals surface area contributed by atoms with Gasteiger partial charge in [0.1, 0.15) is 12.2 Å². The summed E-state index contributed by atoms with van der Waals surface area (Å²) in [6.45, 7) is 2.06. The Kier molecular flexibility index (Phi) is 4.63. The van der Waals surface area contributed by atoms with E-state index in [1.807, 2.05) is 0 Å². The van der Waals surface area contributed by atoms with E-state index in [2.05, 4.69) is 0 Å². The van der Waals surface area contributed by atoms with Gasteiger partial charge in [-0.15, -0.1) is 0 Å². The van der Waals surface area contributed by atoms with Crippen LogP contribution in [0.5, 0.6) is 0 Å². The largest absolute Gasteiger partial charge is 0.465 e. The zero-order valence-corrected chi connectivity index (χ0v) is 8.70. The van der Waals surface area contributed by atoms with Gasteiger partial charge in [-0.3, -0.25) is 4.79 Å². The monoisotopic (exact) mass is 198 g/mol. The van der Waals surface area contributed by atoms with Crippen molar-refractivity contribution in [2.75, 3.05) is 6.61 Å². The van der Waals surface area contributed by atoms with Gasteiger partial charge in [-0.05, 0) is 25.7 Å². The van der Waals surface area contributed by atoms with Crippen molar-refractivity contribution < 1.29 is 14.3 Å². The Balaban J connectivity index is 2.18. The van der Waals surface area contributed by atoms with E-state index < -0.39 is 5.92 Å². The lowest BCUT2D eigenvalue weighted by atomic mass is 9.90. The molecule has 80 valence electrons. The zero-order valence-electron chi connectivity index (χ0n) is 8.70. The van der Waals surface area contributed by atoms with E-state index in [0.717, 1.165) is 12.8 Å².